The number of imide groups is 1. The van der Waals surface area contributed by atoms with E-state index < -0.39 is 17.8 Å². The lowest BCUT2D eigenvalue weighted by molar-refractivity contribution is -0.152. The zero-order chi connectivity index (χ0) is 24.6. The van der Waals surface area contributed by atoms with Crippen molar-refractivity contribution in [1.82, 2.24) is 14.8 Å². The molecule has 2 saturated heterocycles. The number of carbonyl (C=O) groups is 3. The van der Waals surface area contributed by atoms with Gasteiger partial charge in [0.05, 0.1) is 17.4 Å². The van der Waals surface area contributed by atoms with E-state index in [0.29, 0.717) is 51.3 Å². The highest BCUT2D eigenvalue weighted by Crippen LogP contribution is 2.37. The van der Waals surface area contributed by atoms with E-state index in [-0.39, 0.29) is 35.5 Å². The number of anilines is 1. The van der Waals surface area contributed by atoms with E-state index in [4.69, 9.17) is 0 Å². The first-order chi connectivity index (χ1) is 16.1. The summed E-state index contributed by atoms with van der Waals surface area (Å²) in [5, 5.41) is 0. The fraction of sp³-hybridized carbons (Fsp3) is 0.583. The molecular weight excluding hydrogens is 449 g/mol. The highest BCUT2D eigenvalue weighted by Gasteiger charge is 2.51. The van der Waals surface area contributed by atoms with Crippen LogP contribution in [0.2, 0.25) is 0 Å². The topological polar surface area (TPSA) is 73.8 Å². The number of allylic oxidation sites excluding steroid dienone is 2. The van der Waals surface area contributed by atoms with Crippen molar-refractivity contribution in [1.29, 1.82) is 0 Å². The first-order valence-electron chi connectivity index (χ1n) is 11.7. The highest BCUT2D eigenvalue weighted by atomic mass is 19.4. The number of nitrogens with zero attached hydrogens (tertiary/aromatic N) is 4. The standard InChI is InChI=1S/C24H29F3N4O3/c1-15(2)13-19(31-21(32)17-5-3-4-6-18(17)22(31)33)23(34)30-11-9-29(10-12-30)20-8-7-16(14-28-20)24(25,26)27/h3-4,7-8,14-15,17-19H,5-6,9-13H2,1-2H3. The van der Waals surface area contributed by atoms with Gasteiger partial charge in [-0.25, -0.2) is 4.98 Å². The third-order valence-electron chi connectivity index (χ3n) is 6.82. The summed E-state index contributed by atoms with van der Waals surface area (Å²) in [6, 6.07) is 1.50. The minimum atomic E-state index is -4.44. The number of carbonyl (C=O) groups excluding carboxylic acids is 3. The van der Waals surface area contributed by atoms with Gasteiger partial charge in [0, 0.05) is 32.4 Å². The number of alkyl halides is 3. The summed E-state index contributed by atoms with van der Waals surface area (Å²) in [6.45, 7) is 5.37. The molecule has 0 saturated carbocycles. The third kappa shape index (κ3) is 4.67. The molecule has 3 heterocycles. The number of aromatic nitrogens is 1. The van der Waals surface area contributed by atoms with Gasteiger partial charge >= 0.3 is 6.18 Å². The Morgan fingerprint density at radius 3 is 2.09 bits per heavy atom. The molecule has 3 unspecified atom stereocenters. The van der Waals surface area contributed by atoms with Crippen LogP contribution >= 0.6 is 0 Å². The molecule has 0 bridgehead atoms. The van der Waals surface area contributed by atoms with Gasteiger partial charge < -0.3 is 9.80 Å². The molecule has 0 N–H and O–H groups in total. The normalized spacial score (nSPS) is 24.1. The van der Waals surface area contributed by atoms with Crippen molar-refractivity contribution in [2.45, 2.75) is 45.3 Å². The predicted molar refractivity (Wildman–Crippen MR) is 118 cm³/mol. The van der Waals surface area contributed by atoms with Gasteiger partial charge in [-0.1, -0.05) is 26.0 Å². The van der Waals surface area contributed by atoms with Crippen LogP contribution in [0, 0.1) is 17.8 Å². The Balaban J connectivity index is 1.44. The molecule has 7 nitrogen and oxygen atoms in total. The van der Waals surface area contributed by atoms with E-state index in [2.05, 4.69) is 4.98 Å². The monoisotopic (exact) mass is 478 g/mol. The van der Waals surface area contributed by atoms with Crippen molar-refractivity contribution in [3.05, 3.63) is 36.0 Å². The van der Waals surface area contributed by atoms with Crippen LogP contribution in [0.5, 0.6) is 0 Å². The maximum absolute atomic E-state index is 13.5. The molecule has 184 valence electrons. The lowest BCUT2D eigenvalue weighted by Crippen LogP contribution is -2.56. The van der Waals surface area contributed by atoms with Gasteiger partial charge in [-0.2, -0.15) is 13.2 Å². The smallest absolute Gasteiger partial charge is 0.353 e. The van der Waals surface area contributed by atoms with Gasteiger partial charge in [-0.05, 0) is 37.3 Å². The Labute approximate surface area is 196 Å². The molecule has 10 heteroatoms. The van der Waals surface area contributed by atoms with Gasteiger partial charge in [0.15, 0.2) is 0 Å². The number of likely N-dealkylation sites (tertiary alicyclic amines) is 1. The molecule has 0 aromatic carbocycles. The summed E-state index contributed by atoms with van der Waals surface area (Å²) >= 11 is 0. The number of piperazine rings is 1. The fourth-order valence-corrected chi connectivity index (χ4v) is 5.00. The summed E-state index contributed by atoms with van der Waals surface area (Å²) in [6.07, 6.45) is 1.64. The lowest BCUT2D eigenvalue weighted by Gasteiger charge is -2.38. The second-order valence-electron chi connectivity index (χ2n) is 9.56. The summed E-state index contributed by atoms with van der Waals surface area (Å²) in [5.74, 6) is -1.02. The van der Waals surface area contributed by atoms with Gasteiger partial charge in [0.2, 0.25) is 17.7 Å². The Morgan fingerprint density at radius 2 is 1.62 bits per heavy atom. The maximum Gasteiger partial charge on any atom is 0.417 e. The van der Waals surface area contributed by atoms with Crippen molar-refractivity contribution in [2.75, 3.05) is 31.1 Å². The summed E-state index contributed by atoms with van der Waals surface area (Å²) in [7, 11) is 0. The van der Waals surface area contributed by atoms with Crippen molar-refractivity contribution in [3.8, 4) is 0 Å². The van der Waals surface area contributed by atoms with E-state index >= 15 is 0 Å². The van der Waals surface area contributed by atoms with Crippen molar-refractivity contribution >= 4 is 23.5 Å². The number of halogens is 3. The molecule has 3 amide bonds. The van der Waals surface area contributed by atoms with Gasteiger partial charge in [0.25, 0.3) is 0 Å². The van der Waals surface area contributed by atoms with E-state index in [1.807, 2.05) is 30.9 Å². The molecule has 1 aromatic heterocycles. The van der Waals surface area contributed by atoms with E-state index in [9.17, 15) is 27.6 Å². The number of fused-ring (bicyclic) bond motifs is 1. The second-order valence-corrected chi connectivity index (χ2v) is 9.56. The summed E-state index contributed by atoms with van der Waals surface area (Å²) in [4.78, 5) is 48.3. The lowest BCUT2D eigenvalue weighted by atomic mass is 9.85. The molecular formula is C24H29F3N4O3. The van der Waals surface area contributed by atoms with Gasteiger partial charge in [-0.3, -0.25) is 19.3 Å². The SMILES string of the molecule is CC(C)CC(C(=O)N1CCN(c2ccc(C(F)(F)F)cn2)CC1)N1C(=O)C2CC=CCC2C1=O. The first kappa shape index (κ1) is 24.2. The molecule has 2 aliphatic heterocycles. The minimum absolute atomic E-state index is 0.105. The number of rotatable bonds is 5. The van der Waals surface area contributed by atoms with E-state index in [0.717, 1.165) is 12.3 Å². The molecule has 34 heavy (non-hydrogen) atoms. The molecule has 2 fully saturated rings. The maximum atomic E-state index is 13.5. The van der Waals surface area contributed by atoms with Crippen molar-refractivity contribution in [2.24, 2.45) is 17.8 Å². The molecule has 0 radical (unpaired) electrons. The van der Waals surface area contributed by atoms with Crippen molar-refractivity contribution < 1.29 is 27.6 Å². The predicted octanol–water partition coefficient (Wildman–Crippen LogP) is 3.11. The van der Waals surface area contributed by atoms with E-state index in [1.54, 1.807) is 4.90 Å². The van der Waals surface area contributed by atoms with Crippen LogP contribution in [0.3, 0.4) is 0 Å². The van der Waals surface area contributed by atoms with Crippen LogP contribution in [0.25, 0.3) is 0 Å². The second kappa shape index (κ2) is 9.38. The van der Waals surface area contributed by atoms with Crippen LogP contribution in [-0.4, -0.2) is 64.7 Å². The Morgan fingerprint density at radius 1 is 1.03 bits per heavy atom. The fourth-order valence-electron chi connectivity index (χ4n) is 5.00. The summed E-state index contributed by atoms with van der Waals surface area (Å²) < 4.78 is 38.4. The van der Waals surface area contributed by atoms with Crippen LogP contribution in [0.15, 0.2) is 30.5 Å². The largest absolute Gasteiger partial charge is 0.417 e. The van der Waals surface area contributed by atoms with Gasteiger partial charge in [0.1, 0.15) is 11.9 Å². The molecule has 3 aliphatic rings. The van der Waals surface area contributed by atoms with Crippen LogP contribution < -0.4 is 4.90 Å². The number of hydrogen-bond acceptors (Lipinski definition) is 5. The Kier molecular flexibility index (Phi) is 6.69. The zero-order valence-corrected chi connectivity index (χ0v) is 19.3. The zero-order valence-electron chi connectivity index (χ0n) is 19.3. The third-order valence-corrected chi connectivity index (χ3v) is 6.82. The van der Waals surface area contributed by atoms with Crippen molar-refractivity contribution in [3.63, 3.8) is 0 Å². The average Bonchev–Trinajstić information content (AvgIpc) is 3.07. The Hall–Kier alpha value is -2.91. The highest BCUT2D eigenvalue weighted by molar-refractivity contribution is 6.08. The number of pyridine rings is 1. The van der Waals surface area contributed by atoms with Crippen LogP contribution in [-0.2, 0) is 20.6 Å². The molecule has 3 atom stereocenters. The summed E-state index contributed by atoms with van der Waals surface area (Å²) in [5.41, 5.74) is -0.808. The average molecular weight is 479 g/mol. The molecule has 4 rings (SSSR count). The minimum Gasteiger partial charge on any atom is -0.353 e. The van der Waals surface area contributed by atoms with Crippen LogP contribution in [0.1, 0.15) is 38.7 Å². The molecule has 1 aromatic rings. The quantitative estimate of drug-likeness (QED) is 0.480. The number of amides is 3. The van der Waals surface area contributed by atoms with E-state index in [1.165, 1.54) is 11.0 Å². The first-order valence-corrected chi connectivity index (χ1v) is 11.7. The van der Waals surface area contributed by atoms with Gasteiger partial charge in [-0.15, -0.1) is 0 Å². The molecule has 1 aliphatic carbocycles. The molecule has 0 spiro atoms. The number of hydrogen-bond donors (Lipinski definition) is 0. The Bertz CT molecular complexity index is 943. The van der Waals surface area contributed by atoms with Crippen LogP contribution in [0.4, 0.5) is 19.0 Å².